The highest BCUT2D eigenvalue weighted by Gasteiger charge is 2.18. The second-order valence-corrected chi connectivity index (χ2v) is 7.05. The summed E-state index contributed by atoms with van der Waals surface area (Å²) < 4.78 is 21.8. The SMILES string of the molecule is COCc1ccc2c3c(C(N)=O)cccc3n(Cc3cccc(Cl)c3F)c2c1. The van der Waals surface area contributed by atoms with Crippen LogP contribution < -0.4 is 5.73 Å². The van der Waals surface area contributed by atoms with Gasteiger partial charge in [-0.15, -0.1) is 0 Å². The molecule has 0 aliphatic carbocycles. The number of fused-ring (bicyclic) bond motifs is 3. The second-order valence-electron chi connectivity index (χ2n) is 6.65. The first-order valence-corrected chi connectivity index (χ1v) is 9.14. The van der Waals surface area contributed by atoms with Gasteiger partial charge in [0.05, 0.1) is 23.7 Å². The number of carbonyl (C=O) groups excluding carboxylic acids is 1. The Morgan fingerprint density at radius 2 is 1.93 bits per heavy atom. The maximum atomic E-state index is 14.6. The van der Waals surface area contributed by atoms with Crippen LogP contribution in [0.2, 0.25) is 5.02 Å². The molecule has 0 spiro atoms. The Kier molecular flexibility index (Phi) is 4.79. The molecule has 28 heavy (non-hydrogen) atoms. The molecule has 0 fully saturated rings. The van der Waals surface area contributed by atoms with Gasteiger partial charge in [-0.1, -0.05) is 41.9 Å². The lowest BCUT2D eigenvalue weighted by Crippen LogP contribution is -2.11. The van der Waals surface area contributed by atoms with Crippen LogP contribution in [0.4, 0.5) is 4.39 Å². The number of rotatable bonds is 5. The third-order valence-corrected chi connectivity index (χ3v) is 5.18. The number of carbonyl (C=O) groups is 1. The Hall–Kier alpha value is -2.89. The van der Waals surface area contributed by atoms with E-state index in [1.807, 2.05) is 28.8 Å². The van der Waals surface area contributed by atoms with Crippen molar-refractivity contribution in [2.75, 3.05) is 7.11 Å². The molecule has 4 aromatic rings. The number of benzene rings is 3. The van der Waals surface area contributed by atoms with Crippen LogP contribution in [-0.2, 0) is 17.9 Å². The average molecular weight is 397 g/mol. The average Bonchev–Trinajstić information content (AvgIpc) is 2.99. The van der Waals surface area contributed by atoms with E-state index in [0.29, 0.717) is 17.7 Å². The molecular weight excluding hydrogens is 379 g/mol. The number of methoxy groups -OCH3 is 1. The summed E-state index contributed by atoms with van der Waals surface area (Å²) in [6.45, 7) is 0.719. The minimum atomic E-state index is -0.500. The van der Waals surface area contributed by atoms with Crippen LogP contribution in [0.25, 0.3) is 21.8 Å². The smallest absolute Gasteiger partial charge is 0.249 e. The van der Waals surface area contributed by atoms with Crippen LogP contribution in [0.5, 0.6) is 0 Å². The first kappa shape index (κ1) is 18.5. The van der Waals surface area contributed by atoms with Gasteiger partial charge < -0.3 is 15.0 Å². The second kappa shape index (κ2) is 7.26. The molecule has 0 saturated heterocycles. The molecule has 6 heteroatoms. The van der Waals surface area contributed by atoms with Crippen molar-refractivity contribution in [3.05, 3.63) is 82.1 Å². The van der Waals surface area contributed by atoms with Crippen LogP contribution in [0, 0.1) is 5.82 Å². The molecule has 0 bridgehead atoms. The summed E-state index contributed by atoms with van der Waals surface area (Å²) in [5, 5.41) is 1.72. The third-order valence-electron chi connectivity index (χ3n) is 4.89. The molecule has 0 aliphatic heterocycles. The Morgan fingerprint density at radius 1 is 1.14 bits per heavy atom. The third kappa shape index (κ3) is 3.03. The topological polar surface area (TPSA) is 57.2 Å². The van der Waals surface area contributed by atoms with Crippen molar-refractivity contribution >= 4 is 39.3 Å². The van der Waals surface area contributed by atoms with Crippen molar-refractivity contribution in [1.29, 1.82) is 0 Å². The molecule has 0 radical (unpaired) electrons. The summed E-state index contributed by atoms with van der Waals surface area (Å²) >= 11 is 5.96. The van der Waals surface area contributed by atoms with E-state index in [1.165, 1.54) is 6.07 Å². The number of aromatic nitrogens is 1. The Bertz CT molecular complexity index is 1220. The lowest BCUT2D eigenvalue weighted by atomic mass is 10.0. The number of hydrogen-bond donors (Lipinski definition) is 1. The van der Waals surface area contributed by atoms with E-state index in [2.05, 4.69) is 0 Å². The van der Waals surface area contributed by atoms with E-state index >= 15 is 0 Å². The summed E-state index contributed by atoms with van der Waals surface area (Å²) in [6, 6.07) is 16.2. The summed E-state index contributed by atoms with van der Waals surface area (Å²) in [5.74, 6) is -0.946. The zero-order valence-electron chi connectivity index (χ0n) is 15.2. The normalized spacial score (nSPS) is 11.4. The van der Waals surface area contributed by atoms with Gasteiger partial charge in [-0.3, -0.25) is 4.79 Å². The van der Waals surface area contributed by atoms with Gasteiger partial charge >= 0.3 is 0 Å². The largest absolute Gasteiger partial charge is 0.380 e. The highest BCUT2D eigenvalue weighted by molar-refractivity contribution is 6.30. The van der Waals surface area contributed by atoms with Crippen molar-refractivity contribution in [1.82, 2.24) is 4.57 Å². The standard InChI is InChI=1S/C22H18ClFN2O2/c1-28-12-13-8-9-15-19(10-13)26(11-14-4-2-6-17(23)21(14)24)18-7-3-5-16(20(15)18)22(25)27/h2-10H,11-12H2,1H3,(H2,25,27). The van der Waals surface area contributed by atoms with Crippen molar-refractivity contribution < 1.29 is 13.9 Å². The molecule has 142 valence electrons. The number of halogens is 2. The monoisotopic (exact) mass is 396 g/mol. The van der Waals surface area contributed by atoms with Gasteiger partial charge in [0, 0.05) is 34.5 Å². The summed E-state index contributed by atoms with van der Waals surface area (Å²) in [7, 11) is 1.63. The Labute approximate surface area is 166 Å². The van der Waals surface area contributed by atoms with Crippen molar-refractivity contribution in [3.63, 3.8) is 0 Å². The number of nitrogens with zero attached hydrogens (tertiary/aromatic N) is 1. The van der Waals surface area contributed by atoms with Gasteiger partial charge in [0.15, 0.2) is 0 Å². The van der Waals surface area contributed by atoms with Gasteiger partial charge in [-0.2, -0.15) is 0 Å². The zero-order valence-corrected chi connectivity index (χ0v) is 16.0. The van der Waals surface area contributed by atoms with E-state index in [1.54, 1.807) is 31.4 Å². The number of primary amides is 1. The summed E-state index contributed by atoms with van der Waals surface area (Å²) in [5.41, 5.74) is 9.17. The molecule has 4 nitrogen and oxygen atoms in total. The van der Waals surface area contributed by atoms with E-state index in [9.17, 15) is 9.18 Å². The number of nitrogens with two attached hydrogens (primary N) is 1. The minimum Gasteiger partial charge on any atom is -0.380 e. The highest BCUT2D eigenvalue weighted by atomic mass is 35.5. The molecule has 1 amide bonds. The first-order chi connectivity index (χ1) is 13.5. The van der Waals surface area contributed by atoms with E-state index in [0.717, 1.165) is 27.4 Å². The molecule has 0 aliphatic rings. The Morgan fingerprint density at radius 3 is 2.68 bits per heavy atom. The fraction of sp³-hybridized carbons (Fsp3) is 0.136. The van der Waals surface area contributed by atoms with Crippen molar-refractivity contribution in [2.45, 2.75) is 13.2 Å². The lowest BCUT2D eigenvalue weighted by Gasteiger charge is -2.10. The minimum absolute atomic E-state index is 0.0798. The van der Waals surface area contributed by atoms with Gasteiger partial charge in [-0.25, -0.2) is 4.39 Å². The molecule has 2 N–H and O–H groups in total. The highest BCUT2D eigenvalue weighted by Crippen LogP contribution is 2.33. The molecule has 1 aromatic heterocycles. The maximum absolute atomic E-state index is 14.6. The molecule has 1 heterocycles. The number of hydrogen-bond acceptors (Lipinski definition) is 2. The predicted molar refractivity (Wildman–Crippen MR) is 109 cm³/mol. The molecular formula is C22H18ClFN2O2. The molecule has 0 atom stereocenters. The molecule has 3 aromatic carbocycles. The first-order valence-electron chi connectivity index (χ1n) is 8.76. The van der Waals surface area contributed by atoms with Crippen molar-refractivity contribution in [3.8, 4) is 0 Å². The summed E-state index contributed by atoms with van der Waals surface area (Å²) in [6.07, 6.45) is 0. The quantitative estimate of drug-likeness (QED) is 0.522. The molecule has 0 saturated carbocycles. The van der Waals surface area contributed by atoms with Crippen molar-refractivity contribution in [2.24, 2.45) is 5.73 Å². The summed E-state index contributed by atoms with van der Waals surface area (Å²) in [4.78, 5) is 12.0. The van der Waals surface area contributed by atoms with Crippen LogP contribution >= 0.6 is 11.6 Å². The maximum Gasteiger partial charge on any atom is 0.249 e. The number of ether oxygens (including phenoxy) is 1. The van der Waals surface area contributed by atoms with Crippen LogP contribution in [-0.4, -0.2) is 17.6 Å². The van der Waals surface area contributed by atoms with Crippen LogP contribution in [0.15, 0.2) is 54.6 Å². The van der Waals surface area contributed by atoms with Gasteiger partial charge in [0.1, 0.15) is 5.82 Å². The van der Waals surface area contributed by atoms with Gasteiger partial charge in [0.25, 0.3) is 0 Å². The van der Waals surface area contributed by atoms with E-state index < -0.39 is 11.7 Å². The molecule has 4 rings (SSSR count). The fourth-order valence-corrected chi connectivity index (χ4v) is 3.86. The Balaban J connectivity index is 2.04. The number of amides is 1. The van der Waals surface area contributed by atoms with Gasteiger partial charge in [-0.05, 0) is 29.8 Å². The zero-order chi connectivity index (χ0) is 19.8. The molecule has 0 unspecified atom stereocenters. The van der Waals surface area contributed by atoms with E-state index in [4.69, 9.17) is 22.1 Å². The van der Waals surface area contributed by atoms with Crippen LogP contribution in [0.3, 0.4) is 0 Å². The fourth-order valence-electron chi connectivity index (χ4n) is 3.66. The lowest BCUT2D eigenvalue weighted by molar-refractivity contribution is 0.100. The van der Waals surface area contributed by atoms with E-state index in [-0.39, 0.29) is 11.6 Å². The predicted octanol–water partition coefficient (Wildman–Crippen LogP) is 4.88. The van der Waals surface area contributed by atoms with Gasteiger partial charge in [0.2, 0.25) is 5.91 Å². The van der Waals surface area contributed by atoms with Crippen LogP contribution in [0.1, 0.15) is 21.5 Å².